The summed E-state index contributed by atoms with van der Waals surface area (Å²) in [6, 6.07) is 14.6. The number of aryl methyl sites for hydroxylation is 1. The van der Waals surface area contributed by atoms with Gasteiger partial charge in [0.1, 0.15) is 12.3 Å². The molecular formula is C28H35N3O4S. The predicted molar refractivity (Wildman–Crippen MR) is 143 cm³/mol. The van der Waals surface area contributed by atoms with Crippen molar-refractivity contribution in [2.75, 3.05) is 24.2 Å². The highest BCUT2D eigenvalue weighted by Crippen LogP contribution is 2.27. The third-order valence-corrected chi connectivity index (χ3v) is 8.54. The normalized spacial score (nSPS) is 14.8. The van der Waals surface area contributed by atoms with E-state index in [9.17, 15) is 18.0 Å². The number of carbonyl (C=O) groups is 2. The molecule has 0 atom stereocenters. The number of likely N-dealkylation sites (tertiary alicyclic amines) is 1. The molecular weight excluding hydrogens is 474 g/mol. The molecule has 2 amide bonds. The average Bonchev–Trinajstić information content (AvgIpc) is 3.23. The molecule has 1 aliphatic heterocycles. The summed E-state index contributed by atoms with van der Waals surface area (Å²) in [4.78, 5) is 27.5. The largest absolute Gasteiger partial charge is 0.341 e. The summed E-state index contributed by atoms with van der Waals surface area (Å²) in [5, 5.41) is 3.22. The van der Waals surface area contributed by atoms with Crippen molar-refractivity contribution in [1.29, 1.82) is 0 Å². The van der Waals surface area contributed by atoms with Gasteiger partial charge >= 0.3 is 0 Å². The number of amides is 2. The van der Waals surface area contributed by atoms with E-state index in [0.29, 0.717) is 22.5 Å². The molecule has 0 unspecified atom stereocenters. The number of carbonyl (C=O) groups excluding carboxylic acids is 2. The summed E-state index contributed by atoms with van der Waals surface area (Å²) in [5.41, 5.74) is 2.42. The Bertz CT molecular complexity index is 1320. The molecule has 1 N–H and O–H groups in total. The van der Waals surface area contributed by atoms with Crippen LogP contribution in [-0.2, 0) is 32.4 Å². The highest BCUT2D eigenvalue weighted by atomic mass is 32.2. The van der Waals surface area contributed by atoms with Crippen LogP contribution in [0.3, 0.4) is 0 Å². The number of benzene rings is 2. The average molecular weight is 510 g/mol. The summed E-state index contributed by atoms with van der Waals surface area (Å²) in [7, 11) is -3.93. The van der Waals surface area contributed by atoms with Crippen LogP contribution in [0.5, 0.6) is 0 Å². The number of hydrogen-bond donors (Lipinski definition) is 1. The maximum atomic E-state index is 13.3. The first-order chi connectivity index (χ1) is 17.3. The molecule has 8 heteroatoms. The highest BCUT2D eigenvalue weighted by Gasteiger charge is 2.26. The van der Waals surface area contributed by atoms with Crippen LogP contribution in [-0.4, -0.2) is 48.5 Å². The third-order valence-electron chi connectivity index (χ3n) is 6.91. The monoisotopic (exact) mass is 509 g/mol. The standard InChI is InChI=1S/C28H35N3O4S/c1-3-4-7-22-10-12-23(13-11-22)29-27(32)20-36(34,35)26-18-31(25-9-6-5-8-24(25)26)19-28(33)30-16-14-21(2)15-17-30/h5-6,8-13,18,21H,3-4,7,14-17,19-20H2,1-2H3,(H,29,32). The Kier molecular flexibility index (Phi) is 8.14. The van der Waals surface area contributed by atoms with Gasteiger partial charge in [0.2, 0.25) is 11.8 Å². The van der Waals surface area contributed by atoms with Gasteiger partial charge in [-0.05, 0) is 55.4 Å². The minimum Gasteiger partial charge on any atom is -0.341 e. The molecule has 0 aliphatic carbocycles. The number of nitrogens with zero attached hydrogens (tertiary/aromatic N) is 2. The van der Waals surface area contributed by atoms with Gasteiger partial charge in [-0.15, -0.1) is 0 Å². The van der Waals surface area contributed by atoms with E-state index in [-0.39, 0.29) is 17.3 Å². The minimum absolute atomic E-state index is 0.0215. The SMILES string of the molecule is CCCCc1ccc(NC(=O)CS(=O)(=O)c2cn(CC(=O)N3CCC(C)CC3)c3ccccc23)cc1. The Morgan fingerprint density at radius 3 is 2.42 bits per heavy atom. The van der Waals surface area contributed by atoms with Crippen molar-refractivity contribution in [3.8, 4) is 0 Å². The molecule has 2 aromatic carbocycles. The molecule has 36 heavy (non-hydrogen) atoms. The number of nitrogens with one attached hydrogen (secondary N) is 1. The van der Waals surface area contributed by atoms with Crippen LogP contribution in [0.4, 0.5) is 5.69 Å². The van der Waals surface area contributed by atoms with Crippen LogP contribution in [0.15, 0.2) is 59.6 Å². The fourth-order valence-electron chi connectivity index (χ4n) is 4.68. The molecule has 1 aliphatic rings. The zero-order chi connectivity index (χ0) is 25.7. The van der Waals surface area contributed by atoms with Gasteiger partial charge in [0.05, 0.1) is 4.90 Å². The van der Waals surface area contributed by atoms with Crippen LogP contribution in [0.25, 0.3) is 10.9 Å². The molecule has 1 aromatic heterocycles. The van der Waals surface area contributed by atoms with E-state index in [0.717, 1.165) is 45.2 Å². The van der Waals surface area contributed by atoms with E-state index < -0.39 is 21.5 Å². The molecule has 1 saturated heterocycles. The van der Waals surface area contributed by atoms with Crippen molar-refractivity contribution in [2.45, 2.75) is 57.4 Å². The van der Waals surface area contributed by atoms with E-state index in [2.05, 4.69) is 19.2 Å². The number of unbranched alkanes of at least 4 members (excludes halogenated alkanes) is 1. The lowest BCUT2D eigenvalue weighted by Gasteiger charge is -2.30. The molecule has 192 valence electrons. The van der Waals surface area contributed by atoms with E-state index in [1.54, 1.807) is 34.9 Å². The lowest BCUT2D eigenvalue weighted by molar-refractivity contribution is -0.133. The quantitative estimate of drug-likeness (QED) is 0.455. The van der Waals surface area contributed by atoms with Crippen molar-refractivity contribution in [3.05, 3.63) is 60.3 Å². The zero-order valence-corrected chi connectivity index (χ0v) is 21.9. The first-order valence-corrected chi connectivity index (χ1v) is 14.4. The molecule has 3 aromatic rings. The topological polar surface area (TPSA) is 88.5 Å². The number of anilines is 1. The first kappa shape index (κ1) is 25.9. The second-order valence-corrected chi connectivity index (χ2v) is 11.8. The van der Waals surface area contributed by atoms with E-state index >= 15 is 0 Å². The zero-order valence-electron chi connectivity index (χ0n) is 21.1. The Balaban J connectivity index is 1.48. The van der Waals surface area contributed by atoms with Crippen LogP contribution < -0.4 is 5.32 Å². The smallest absolute Gasteiger partial charge is 0.242 e. The fraction of sp³-hybridized carbons (Fsp3) is 0.429. The fourth-order valence-corrected chi connectivity index (χ4v) is 6.05. The molecule has 0 spiro atoms. The van der Waals surface area contributed by atoms with Crippen molar-refractivity contribution >= 4 is 38.2 Å². The second kappa shape index (κ2) is 11.3. The Hall–Kier alpha value is -3.13. The van der Waals surface area contributed by atoms with Crippen LogP contribution in [0.1, 0.15) is 45.1 Å². The lowest BCUT2D eigenvalue weighted by Crippen LogP contribution is -2.39. The minimum atomic E-state index is -3.93. The number of rotatable bonds is 9. The van der Waals surface area contributed by atoms with Gasteiger partial charge in [-0.2, -0.15) is 0 Å². The third kappa shape index (κ3) is 6.16. The first-order valence-electron chi connectivity index (χ1n) is 12.7. The van der Waals surface area contributed by atoms with Crippen molar-refractivity contribution < 1.29 is 18.0 Å². The van der Waals surface area contributed by atoms with Gasteiger partial charge in [-0.25, -0.2) is 8.42 Å². The number of aromatic nitrogens is 1. The van der Waals surface area contributed by atoms with Gasteiger partial charge in [-0.3, -0.25) is 9.59 Å². The summed E-state index contributed by atoms with van der Waals surface area (Å²) >= 11 is 0. The summed E-state index contributed by atoms with van der Waals surface area (Å²) < 4.78 is 28.3. The number of sulfone groups is 1. The van der Waals surface area contributed by atoms with Crippen molar-refractivity contribution in [1.82, 2.24) is 9.47 Å². The van der Waals surface area contributed by atoms with Gasteiger partial charge in [0.15, 0.2) is 9.84 Å². The van der Waals surface area contributed by atoms with Gasteiger partial charge in [0, 0.05) is 35.9 Å². The van der Waals surface area contributed by atoms with Crippen LogP contribution in [0.2, 0.25) is 0 Å². The van der Waals surface area contributed by atoms with Crippen molar-refractivity contribution in [3.63, 3.8) is 0 Å². The van der Waals surface area contributed by atoms with Gasteiger partial charge in [0.25, 0.3) is 0 Å². The maximum Gasteiger partial charge on any atom is 0.242 e. The summed E-state index contributed by atoms with van der Waals surface area (Å²) in [6.45, 7) is 5.85. The highest BCUT2D eigenvalue weighted by molar-refractivity contribution is 7.92. The Morgan fingerprint density at radius 2 is 1.72 bits per heavy atom. The second-order valence-electron chi connectivity index (χ2n) is 9.81. The van der Waals surface area contributed by atoms with Gasteiger partial charge in [-0.1, -0.05) is 50.6 Å². The number of fused-ring (bicyclic) bond motifs is 1. The lowest BCUT2D eigenvalue weighted by atomic mass is 9.99. The molecule has 0 radical (unpaired) electrons. The molecule has 2 heterocycles. The van der Waals surface area contributed by atoms with Crippen LogP contribution in [0, 0.1) is 5.92 Å². The Morgan fingerprint density at radius 1 is 1.03 bits per heavy atom. The number of para-hydroxylation sites is 1. The summed E-state index contributed by atoms with van der Waals surface area (Å²) in [6.07, 6.45) is 6.64. The number of piperidine rings is 1. The predicted octanol–water partition coefficient (Wildman–Crippen LogP) is 4.65. The van der Waals surface area contributed by atoms with Crippen molar-refractivity contribution in [2.24, 2.45) is 5.92 Å². The van der Waals surface area contributed by atoms with E-state index in [4.69, 9.17) is 0 Å². The maximum absolute atomic E-state index is 13.3. The molecule has 0 saturated carbocycles. The van der Waals surface area contributed by atoms with E-state index in [1.165, 1.54) is 11.8 Å². The van der Waals surface area contributed by atoms with Gasteiger partial charge < -0.3 is 14.8 Å². The Labute approximate surface area is 213 Å². The van der Waals surface area contributed by atoms with Crippen LogP contribution >= 0.6 is 0 Å². The van der Waals surface area contributed by atoms with E-state index in [1.807, 2.05) is 23.1 Å². The molecule has 4 rings (SSSR count). The molecule has 7 nitrogen and oxygen atoms in total. The molecule has 1 fully saturated rings. The number of hydrogen-bond acceptors (Lipinski definition) is 4. The molecule has 0 bridgehead atoms. The summed E-state index contributed by atoms with van der Waals surface area (Å²) in [5.74, 6) is -0.668.